The number of nitrogens with one attached hydrogen (secondary N) is 1. The van der Waals surface area contributed by atoms with Gasteiger partial charge in [-0.2, -0.15) is 0 Å². The third-order valence-electron chi connectivity index (χ3n) is 4.40. The number of carbonyl (C=O) groups excluding carboxylic acids is 1. The standard InChI is InChI=1S/C19H25N3OS/c1-3-5-15(6-4-2)18(23)20-16-9-7-14(8-10-16)17-13-22-11-12-24-19(22)21-17/h7-10,13,15H,3-6,11-12H2,1-2H3,(H,20,23). The quantitative estimate of drug-likeness (QED) is 0.784. The van der Waals surface area contributed by atoms with E-state index in [1.54, 1.807) is 11.8 Å². The van der Waals surface area contributed by atoms with Gasteiger partial charge in [-0.1, -0.05) is 50.6 Å². The molecule has 0 saturated heterocycles. The van der Waals surface area contributed by atoms with Crippen LogP contribution in [0.25, 0.3) is 11.3 Å². The molecule has 0 unspecified atom stereocenters. The van der Waals surface area contributed by atoms with E-state index < -0.39 is 0 Å². The number of thioether (sulfide) groups is 1. The van der Waals surface area contributed by atoms with E-state index in [4.69, 9.17) is 0 Å². The van der Waals surface area contributed by atoms with E-state index in [2.05, 4.69) is 34.9 Å². The van der Waals surface area contributed by atoms with Gasteiger partial charge in [-0.15, -0.1) is 0 Å². The number of imidazole rings is 1. The summed E-state index contributed by atoms with van der Waals surface area (Å²) in [6.07, 6.45) is 6.10. The summed E-state index contributed by atoms with van der Waals surface area (Å²) in [6, 6.07) is 8.01. The van der Waals surface area contributed by atoms with Crippen molar-refractivity contribution in [2.45, 2.75) is 51.2 Å². The molecule has 1 amide bonds. The van der Waals surface area contributed by atoms with Gasteiger partial charge in [0.05, 0.1) is 5.69 Å². The van der Waals surface area contributed by atoms with Crippen LogP contribution in [-0.2, 0) is 11.3 Å². The summed E-state index contributed by atoms with van der Waals surface area (Å²) in [5.41, 5.74) is 2.96. The minimum Gasteiger partial charge on any atom is -0.326 e. The van der Waals surface area contributed by atoms with Crippen molar-refractivity contribution >= 4 is 23.4 Å². The smallest absolute Gasteiger partial charge is 0.227 e. The maximum Gasteiger partial charge on any atom is 0.227 e. The van der Waals surface area contributed by atoms with Gasteiger partial charge in [-0.25, -0.2) is 4.98 Å². The number of fused-ring (bicyclic) bond motifs is 1. The van der Waals surface area contributed by atoms with Crippen LogP contribution in [-0.4, -0.2) is 21.2 Å². The summed E-state index contributed by atoms with van der Waals surface area (Å²) in [6.45, 7) is 5.30. The molecular weight excluding hydrogens is 318 g/mol. The first-order chi connectivity index (χ1) is 11.7. The first kappa shape index (κ1) is 17.1. The van der Waals surface area contributed by atoms with Crippen LogP contribution in [0.1, 0.15) is 39.5 Å². The third-order valence-corrected chi connectivity index (χ3v) is 5.37. The molecule has 0 atom stereocenters. The summed E-state index contributed by atoms with van der Waals surface area (Å²) in [7, 11) is 0. The van der Waals surface area contributed by atoms with Crippen LogP contribution < -0.4 is 5.32 Å². The van der Waals surface area contributed by atoms with Crippen molar-refractivity contribution in [2.75, 3.05) is 11.1 Å². The average molecular weight is 343 g/mol. The highest BCUT2D eigenvalue weighted by molar-refractivity contribution is 7.99. The molecular formula is C19H25N3OS. The zero-order chi connectivity index (χ0) is 16.9. The molecule has 1 N–H and O–H groups in total. The Morgan fingerprint density at radius 2 is 1.96 bits per heavy atom. The van der Waals surface area contributed by atoms with Gasteiger partial charge in [0.2, 0.25) is 5.91 Å². The van der Waals surface area contributed by atoms with Crippen molar-refractivity contribution in [3.8, 4) is 11.3 Å². The molecule has 1 aromatic carbocycles. The van der Waals surface area contributed by atoms with Crippen LogP contribution in [0.4, 0.5) is 5.69 Å². The van der Waals surface area contributed by atoms with Gasteiger partial charge in [0.25, 0.3) is 0 Å². The lowest BCUT2D eigenvalue weighted by Gasteiger charge is -2.15. The molecule has 0 saturated carbocycles. The van der Waals surface area contributed by atoms with E-state index in [1.807, 2.05) is 24.3 Å². The van der Waals surface area contributed by atoms with Crippen molar-refractivity contribution < 1.29 is 4.79 Å². The summed E-state index contributed by atoms with van der Waals surface area (Å²) in [5, 5.41) is 4.16. The minimum absolute atomic E-state index is 0.118. The average Bonchev–Trinajstić information content (AvgIpc) is 3.17. The fourth-order valence-corrected chi connectivity index (χ4v) is 4.06. The van der Waals surface area contributed by atoms with Crippen molar-refractivity contribution in [1.29, 1.82) is 0 Å². The van der Waals surface area contributed by atoms with Crippen molar-refractivity contribution in [1.82, 2.24) is 9.55 Å². The van der Waals surface area contributed by atoms with Crippen LogP contribution in [0.5, 0.6) is 0 Å². The molecule has 2 heterocycles. The Kier molecular flexibility index (Phi) is 5.61. The number of carbonyl (C=O) groups is 1. The molecule has 0 spiro atoms. The predicted octanol–water partition coefficient (Wildman–Crippen LogP) is 4.81. The second kappa shape index (κ2) is 7.88. The lowest BCUT2D eigenvalue weighted by atomic mass is 9.97. The lowest BCUT2D eigenvalue weighted by Crippen LogP contribution is -2.22. The van der Waals surface area contributed by atoms with Gasteiger partial charge in [-0.05, 0) is 25.0 Å². The molecule has 3 rings (SSSR count). The number of amides is 1. The number of nitrogens with zero attached hydrogens (tertiary/aromatic N) is 2. The Hall–Kier alpha value is -1.75. The van der Waals surface area contributed by atoms with Crippen LogP contribution in [0.3, 0.4) is 0 Å². The number of hydrogen-bond acceptors (Lipinski definition) is 3. The first-order valence-corrected chi connectivity index (χ1v) is 9.81. The Balaban J connectivity index is 1.66. The molecule has 0 radical (unpaired) electrons. The maximum atomic E-state index is 12.4. The topological polar surface area (TPSA) is 46.9 Å². The van der Waals surface area contributed by atoms with Crippen LogP contribution in [0.15, 0.2) is 35.6 Å². The fraction of sp³-hybridized carbons (Fsp3) is 0.474. The van der Waals surface area contributed by atoms with Gasteiger partial charge in [0.1, 0.15) is 0 Å². The van der Waals surface area contributed by atoms with Crippen molar-refractivity contribution in [3.05, 3.63) is 30.5 Å². The maximum absolute atomic E-state index is 12.4. The fourth-order valence-electron chi connectivity index (χ4n) is 3.12. The van der Waals surface area contributed by atoms with Gasteiger partial charge in [0.15, 0.2) is 5.16 Å². The Morgan fingerprint density at radius 3 is 2.58 bits per heavy atom. The highest BCUT2D eigenvalue weighted by Crippen LogP contribution is 2.29. The van der Waals surface area contributed by atoms with Crippen molar-refractivity contribution in [3.63, 3.8) is 0 Å². The molecule has 0 bridgehead atoms. The number of aryl methyl sites for hydroxylation is 1. The van der Waals surface area contributed by atoms with Crippen LogP contribution in [0, 0.1) is 5.92 Å². The highest BCUT2D eigenvalue weighted by Gasteiger charge is 2.17. The monoisotopic (exact) mass is 343 g/mol. The van der Waals surface area contributed by atoms with Crippen molar-refractivity contribution in [2.24, 2.45) is 5.92 Å². The van der Waals surface area contributed by atoms with E-state index in [0.717, 1.165) is 60.1 Å². The highest BCUT2D eigenvalue weighted by atomic mass is 32.2. The number of benzene rings is 1. The lowest BCUT2D eigenvalue weighted by molar-refractivity contribution is -0.120. The molecule has 0 aliphatic carbocycles. The molecule has 0 fully saturated rings. The normalized spacial score (nSPS) is 13.3. The van der Waals surface area contributed by atoms with E-state index >= 15 is 0 Å². The zero-order valence-corrected chi connectivity index (χ0v) is 15.2. The Morgan fingerprint density at radius 1 is 1.25 bits per heavy atom. The summed E-state index contributed by atoms with van der Waals surface area (Å²) >= 11 is 1.80. The summed E-state index contributed by atoms with van der Waals surface area (Å²) in [5.74, 6) is 1.38. The molecule has 1 aliphatic rings. The van der Waals surface area contributed by atoms with Gasteiger partial charge < -0.3 is 9.88 Å². The molecule has 1 aliphatic heterocycles. The van der Waals surface area contributed by atoms with E-state index in [1.165, 1.54) is 0 Å². The second-order valence-electron chi connectivity index (χ2n) is 6.29. The predicted molar refractivity (Wildman–Crippen MR) is 100 cm³/mol. The zero-order valence-electron chi connectivity index (χ0n) is 14.4. The third kappa shape index (κ3) is 3.83. The van der Waals surface area contributed by atoms with Gasteiger partial charge >= 0.3 is 0 Å². The van der Waals surface area contributed by atoms with Gasteiger partial charge in [0, 0.05) is 35.7 Å². The summed E-state index contributed by atoms with van der Waals surface area (Å²) in [4.78, 5) is 17.1. The number of aromatic nitrogens is 2. The Bertz CT molecular complexity index is 666. The van der Waals surface area contributed by atoms with Crippen LogP contribution >= 0.6 is 11.8 Å². The molecule has 1 aromatic heterocycles. The molecule has 24 heavy (non-hydrogen) atoms. The minimum atomic E-state index is 0.118. The molecule has 4 nitrogen and oxygen atoms in total. The van der Waals surface area contributed by atoms with Gasteiger partial charge in [-0.3, -0.25) is 4.79 Å². The number of anilines is 1. The number of hydrogen-bond donors (Lipinski definition) is 1. The van der Waals surface area contributed by atoms with E-state index in [9.17, 15) is 4.79 Å². The second-order valence-corrected chi connectivity index (χ2v) is 7.35. The molecule has 128 valence electrons. The number of rotatable bonds is 7. The SMILES string of the molecule is CCCC(CCC)C(=O)Nc1ccc(-c2cn3c(n2)SCC3)cc1. The summed E-state index contributed by atoms with van der Waals surface area (Å²) < 4.78 is 2.20. The van der Waals surface area contributed by atoms with E-state index in [0.29, 0.717) is 0 Å². The first-order valence-electron chi connectivity index (χ1n) is 8.82. The Labute approximate surface area is 148 Å². The van der Waals surface area contributed by atoms with E-state index in [-0.39, 0.29) is 11.8 Å². The van der Waals surface area contributed by atoms with Crippen LogP contribution in [0.2, 0.25) is 0 Å². The molecule has 5 heteroatoms. The largest absolute Gasteiger partial charge is 0.326 e. The molecule has 2 aromatic rings.